The van der Waals surface area contributed by atoms with Gasteiger partial charge in [-0.05, 0) is 0 Å². The first-order valence-corrected chi connectivity index (χ1v) is 1.89. The van der Waals surface area contributed by atoms with Crippen molar-refractivity contribution < 1.29 is 5.11 Å². The molecule has 2 nitrogen and oxygen atoms in total. The standard InChI is InChI=1S/C4H7NO/c1-5-2-4(6)3-5/h2,6H,3H2,1H3. The molecule has 6 heavy (non-hydrogen) atoms. The van der Waals surface area contributed by atoms with Crippen LogP contribution in [0, 0.1) is 0 Å². The molecule has 1 N–H and O–H groups in total. The van der Waals surface area contributed by atoms with Crippen LogP contribution in [0.2, 0.25) is 0 Å². The van der Waals surface area contributed by atoms with Crippen LogP contribution in [0.4, 0.5) is 0 Å². The molecule has 0 saturated carbocycles. The van der Waals surface area contributed by atoms with E-state index in [2.05, 4.69) is 0 Å². The fraction of sp³-hybridized carbons (Fsp3) is 0.500. The van der Waals surface area contributed by atoms with E-state index in [1.165, 1.54) is 0 Å². The van der Waals surface area contributed by atoms with Crippen LogP contribution in [0.5, 0.6) is 0 Å². The normalized spacial score (nSPS) is 19.5. The lowest BCUT2D eigenvalue weighted by atomic mass is 10.4. The van der Waals surface area contributed by atoms with Gasteiger partial charge < -0.3 is 10.0 Å². The molecule has 1 aliphatic heterocycles. The Bertz CT molecular complexity index is 87.5. The number of likely N-dealkylation sites (N-methyl/N-ethyl adjacent to an activating group) is 1. The van der Waals surface area contributed by atoms with Gasteiger partial charge in [-0.1, -0.05) is 0 Å². The molecule has 2 heteroatoms. The molecule has 0 aromatic heterocycles. The van der Waals surface area contributed by atoms with Crippen molar-refractivity contribution in [2.75, 3.05) is 13.6 Å². The minimum atomic E-state index is 0.484. The molecule has 0 unspecified atom stereocenters. The maximum absolute atomic E-state index is 8.44. The third-order valence-electron chi connectivity index (χ3n) is 0.781. The average Bonchev–Trinajstić information content (AvgIpc) is 1.33. The summed E-state index contributed by atoms with van der Waals surface area (Å²) in [6.45, 7) is 0.722. The van der Waals surface area contributed by atoms with Crippen LogP contribution < -0.4 is 0 Å². The molecule has 0 bridgehead atoms. The molecule has 1 heterocycles. The number of rotatable bonds is 0. The van der Waals surface area contributed by atoms with Gasteiger partial charge in [0.1, 0.15) is 5.76 Å². The number of hydrogen-bond acceptors (Lipinski definition) is 2. The first kappa shape index (κ1) is 3.53. The molecule has 34 valence electrons. The molecule has 0 radical (unpaired) electrons. The lowest BCUT2D eigenvalue weighted by Crippen LogP contribution is -2.24. The van der Waals surface area contributed by atoms with Crippen LogP contribution in [-0.2, 0) is 0 Å². The largest absolute Gasteiger partial charge is 0.509 e. The van der Waals surface area contributed by atoms with Gasteiger partial charge in [0.25, 0.3) is 0 Å². The summed E-state index contributed by atoms with van der Waals surface area (Å²) in [5, 5.41) is 8.44. The van der Waals surface area contributed by atoms with Crippen molar-refractivity contribution in [3.63, 3.8) is 0 Å². The summed E-state index contributed by atoms with van der Waals surface area (Å²) in [5.41, 5.74) is 0. The molecule has 0 atom stereocenters. The molecular formula is C4H7NO. The van der Waals surface area contributed by atoms with Gasteiger partial charge in [0, 0.05) is 13.2 Å². The Morgan fingerprint density at radius 2 is 2.50 bits per heavy atom. The molecule has 0 spiro atoms. The molecule has 0 saturated heterocycles. The molecule has 0 fully saturated rings. The van der Waals surface area contributed by atoms with Crippen molar-refractivity contribution in [3.05, 3.63) is 12.0 Å². The zero-order valence-corrected chi connectivity index (χ0v) is 3.68. The molecule has 1 aliphatic rings. The fourth-order valence-corrected chi connectivity index (χ4v) is 0.484. The molecule has 0 aliphatic carbocycles. The average molecular weight is 85.1 g/mol. The Kier molecular flexibility index (Phi) is 0.528. The number of hydrogen-bond donors (Lipinski definition) is 1. The Morgan fingerprint density at radius 3 is 2.50 bits per heavy atom. The Labute approximate surface area is 36.7 Å². The van der Waals surface area contributed by atoms with Crippen molar-refractivity contribution in [1.82, 2.24) is 4.90 Å². The van der Waals surface area contributed by atoms with Gasteiger partial charge in [-0.15, -0.1) is 0 Å². The highest BCUT2D eigenvalue weighted by molar-refractivity contribution is 5.03. The highest BCUT2D eigenvalue weighted by Gasteiger charge is 2.06. The van der Waals surface area contributed by atoms with E-state index in [0.717, 1.165) is 6.54 Å². The van der Waals surface area contributed by atoms with Crippen molar-refractivity contribution in [2.24, 2.45) is 0 Å². The minimum absolute atomic E-state index is 0.484. The van der Waals surface area contributed by atoms with Crippen LogP contribution in [0.1, 0.15) is 0 Å². The van der Waals surface area contributed by atoms with Crippen LogP contribution in [0.15, 0.2) is 12.0 Å². The van der Waals surface area contributed by atoms with Gasteiger partial charge >= 0.3 is 0 Å². The maximum Gasteiger partial charge on any atom is 0.127 e. The predicted octanol–water partition coefficient (Wildman–Crippen LogP) is 0.331. The summed E-state index contributed by atoms with van der Waals surface area (Å²) < 4.78 is 0. The fourth-order valence-electron chi connectivity index (χ4n) is 0.484. The van der Waals surface area contributed by atoms with E-state index < -0.39 is 0 Å². The van der Waals surface area contributed by atoms with Gasteiger partial charge in [-0.2, -0.15) is 0 Å². The lowest BCUT2D eigenvalue weighted by Gasteiger charge is -2.21. The Morgan fingerprint density at radius 1 is 2.00 bits per heavy atom. The zero-order chi connectivity index (χ0) is 4.57. The summed E-state index contributed by atoms with van der Waals surface area (Å²) in [7, 11) is 1.92. The second-order valence-corrected chi connectivity index (χ2v) is 1.54. The van der Waals surface area contributed by atoms with Crippen molar-refractivity contribution in [2.45, 2.75) is 0 Å². The first-order chi connectivity index (χ1) is 2.79. The van der Waals surface area contributed by atoms with E-state index >= 15 is 0 Å². The third kappa shape index (κ3) is 0.339. The smallest absolute Gasteiger partial charge is 0.127 e. The van der Waals surface area contributed by atoms with Gasteiger partial charge in [0.2, 0.25) is 0 Å². The number of aliphatic hydroxyl groups excluding tert-OH is 1. The molecule has 0 amide bonds. The van der Waals surface area contributed by atoms with Crippen molar-refractivity contribution in [1.29, 1.82) is 0 Å². The van der Waals surface area contributed by atoms with Crippen molar-refractivity contribution >= 4 is 0 Å². The van der Waals surface area contributed by atoms with Crippen LogP contribution in [0.3, 0.4) is 0 Å². The van der Waals surface area contributed by atoms with Crippen LogP contribution >= 0.6 is 0 Å². The summed E-state index contributed by atoms with van der Waals surface area (Å²) in [6.07, 6.45) is 1.69. The Hall–Kier alpha value is -0.660. The SMILES string of the molecule is CN1C=C(O)C1. The van der Waals surface area contributed by atoms with E-state index in [4.69, 9.17) is 5.11 Å². The maximum atomic E-state index is 8.44. The van der Waals surface area contributed by atoms with E-state index in [0.29, 0.717) is 5.76 Å². The summed E-state index contributed by atoms with van der Waals surface area (Å²) >= 11 is 0. The summed E-state index contributed by atoms with van der Waals surface area (Å²) in [4.78, 5) is 1.91. The summed E-state index contributed by atoms with van der Waals surface area (Å²) in [5.74, 6) is 0.484. The number of aliphatic hydroxyl groups is 1. The third-order valence-corrected chi connectivity index (χ3v) is 0.781. The summed E-state index contributed by atoms with van der Waals surface area (Å²) in [6, 6.07) is 0. The molecule has 0 aromatic rings. The van der Waals surface area contributed by atoms with Gasteiger partial charge in [0.15, 0.2) is 0 Å². The van der Waals surface area contributed by atoms with E-state index in [-0.39, 0.29) is 0 Å². The van der Waals surface area contributed by atoms with Gasteiger partial charge in [-0.3, -0.25) is 0 Å². The molecule has 0 aromatic carbocycles. The predicted molar refractivity (Wildman–Crippen MR) is 23.3 cm³/mol. The second kappa shape index (κ2) is 0.899. The van der Waals surface area contributed by atoms with Crippen LogP contribution in [0.25, 0.3) is 0 Å². The van der Waals surface area contributed by atoms with E-state index in [1.807, 2.05) is 11.9 Å². The Balaban J connectivity index is 2.46. The minimum Gasteiger partial charge on any atom is -0.509 e. The molecule has 1 rings (SSSR count). The first-order valence-electron chi connectivity index (χ1n) is 1.89. The quantitative estimate of drug-likeness (QED) is 0.458. The number of nitrogens with zero attached hydrogens (tertiary/aromatic N) is 1. The van der Waals surface area contributed by atoms with Crippen LogP contribution in [-0.4, -0.2) is 23.6 Å². The highest BCUT2D eigenvalue weighted by Crippen LogP contribution is 2.04. The zero-order valence-electron chi connectivity index (χ0n) is 3.68. The molecular weight excluding hydrogens is 78.0 g/mol. The monoisotopic (exact) mass is 85.1 g/mol. The topological polar surface area (TPSA) is 23.5 Å². The van der Waals surface area contributed by atoms with Crippen molar-refractivity contribution in [3.8, 4) is 0 Å². The lowest BCUT2D eigenvalue weighted by molar-refractivity contribution is 0.275. The van der Waals surface area contributed by atoms with Gasteiger partial charge in [-0.25, -0.2) is 0 Å². The van der Waals surface area contributed by atoms with E-state index in [1.54, 1.807) is 6.20 Å². The van der Waals surface area contributed by atoms with Gasteiger partial charge in [0.05, 0.1) is 6.54 Å². The second-order valence-electron chi connectivity index (χ2n) is 1.54. The van der Waals surface area contributed by atoms with E-state index in [9.17, 15) is 0 Å². The highest BCUT2D eigenvalue weighted by atomic mass is 16.3.